The zero-order valence-electron chi connectivity index (χ0n) is 16.9. The summed E-state index contributed by atoms with van der Waals surface area (Å²) < 4.78 is 0. The third-order valence-corrected chi connectivity index (χ3v) is 7.32. The van der Waals surface area contributed by atoms with Crippen molar-refractivity contribution in [2.24, 2.45) is 5.41 Å². The summed E-state index contributed by atoms with van der Waals surface area (Å²) in [6.07, 6.45) is 7.59. The first-order chi connectivity index (χ1) is 14.1. The topological polar surface area (TPSA) is 52.2 Å². The molecule has 0 bridgehead atoms. The molecule has 0 radical (unpaired) electrons. The molecule has 1 aliphatic heterocycles. The third kappa shape index (κ3) is 4.08. The molecule has 0 atom stereocenters. The molecule has 6 heteroatoms. The van der Waals surface area contributed by atoms with Gasteiger partial charge in [0.2, 0.25) is 0 Å². The second-order valence-corrected chi connectivity index (χ2v) is 9.41. The Morgan fingerprint density at radius 1 is 1.10 bits per heavy atom. The molecule has 2 aliphatic carbocycles. The number of rotatable bonds is 5. The van der Waals surface area contributed by atoms with Gasteiger partial charge in [-0.1, -0.05) is 23.7 Å². The van der Waals surface area contributed by atoms with Gasteiger partial charge in [0.05, 0.1) is 16.4 Å². The normalized spacial score (nSPS) is 20.7. The number of para-hydroxylation sites is 1. The smallest absolute Gasteiger partial charge is 0.254 e. The van der Waals surface area contributed by atoms with Crippen molar-refractivity contribution < 1.29 is 0 Å². The standard InChI is InChI=1S/C23H29ClN4O/c24-18-4-1-2-5-20(18)28-14-12-27(13-15-28)11-3-6-21-25-19-7-8-23(9-10-23)16-17(19)22(29)26-21/h1-2,4-5H,3,6-16H2,(H,25,26,29). The number of nitrogens with one attached hydrogen (secondary N) is 1. The highest BCUT2D eigenvalue weighted by Crippen LogP contribution is 2.53. The highest BCUT2D eigenvalue weighted by molar-refractivity contribution is 6.33. The minimum atomic E-state index is 0.115. The maximum Gasteiger partial charge on any atom is 0.254 e. The predicted molar refractivity (Wildman–Crippen MR) is 117 cm³/mol. The van der Waals surface area contributed by atoms with Gasteiger partial charge >= 0.3 is 0 Å². The lowest BCUT2D eigenvalue weighted by Gasteiger charge is -2.36. The van der Waals surface area contributed by atoms with Crippen molar-refractivity contribution in [3.8, 4) is 0 Å². The summed E-state index contributed by atoms with van der Waals surface area (Å²) in [5, 5.41) is 0.830. The van der Waals surface area contributed by atoms with E-state index in [1.165, 1.54) is 19.3 Å². The van der Waals surface area contributed by atoms with Crippen LogP contribution in [0.2, 0.25) is 5.02 Å². The number of anilines is 1. The Morgan fingerprint density at radius 3 is 2.66 bits per heavy atom. The number of aromatic nitrogens is 2. The number of H-pyrrole nitrogens is 1. The van der Waals surface area contributed by atoms with E-state index in [0.717, 1.165) is 86.2 Å². The Bertz CT molecular complexity index is 944. The van der Waals surface area contributed by atoms with Crippen molar-refractivity contribution in [2.45, 2.75) is 44.9 Å². The molecular formula is C23H29ClN4O. The number of hydrogen-bond acceptors (Lipinski definition) is 4. The van der Waals surface area contributed by atoms with Crippen LogP contribution in [0.15, 0.2) is 29.1 Å². The van der Waals surface area contributed by atoms with Crippen LogP contribution in [0.5, 0.6) is 0 Å². The van der Waals surface area contributed by atoms with Crippen LogP contribution in [0.25, 0.3) is 0 Å². The average molecular weight is 413 g/mol. The molecule has 29 heavy (non-hydrogen) atoms. The van der Waals surface area contributed by atoms with Crippen LogP contribution >= 0.6 is 11.6 Å². The van der Waals surface area contributed by atoms with E-state index in [9.17, 15) is 4.79 Å². The van der Waals surface area contributed by atoms with Crippen molar-refractivity contribution >= 4 is 17.3 Å². The summed E-state index contributed by atoms with van der Waals surface area (Å²) in [6.45, 7) is 5.13. The van der Waals surface area contributed by atoms with Gasteiger partial charge in [-0.15, -0.1) is 0 Å². The van der Waals surface area contributed by atoms with Crippen molar-refractivity contribution in [1.82, 2.24) is 14.9 Å². The van der Waals surface area contributed by atoms with Gasteiger partial charge in [-0.2, -0.15) is 0 Å². The number of fused-ring (bicyclic) bond motifs is 1. The fraction of sp³-hybridized carbons (Fsp3) is 0.565. The molecule has 1 aromatic carbocycles. The Labute approximate surface area is 177 Å². The molecular weight excluding hydrogens is 384 g/mol. The van der Waals surface area contributed by atoms with E-state index in [-0.39, 0.29) is 5.56 Å². The summed E-state index contributed by atoms with van der Waals surface area (Å²) in [5.41, 5.74) is 3.74. The molecule has 5 nitrogen and oxygen atoms in total. The summed E-state index contributed by atoms with van der Waals surface area (Å²) >= 11 is 6.34. The quantitative estimate of drug-likeness (QED) is 0.817. The molecule has 0 unspecified atom stereocenters. The lowest BCUT2D eigenvalue weighted by Crippen LogP contribution is -2.46. The van der Waals surface area contributed by atoms with E-state index in [0.29, 0.717) is 5.41 Å². The van der Waals surface area contributed by atoms with E-state index in [1.807, 2.05) is 18.2 Å². The molecule has 2 heterocycles. The largest absolute Gasteiger partial charge is 0.368 e. The molecule has 1 saturated heterocycles. The third-order valence-electron chi connectivity index (χ3n) is 7.00. The van der Waals surface area contributed by atoms with Gasteiger partial charge in [0, 0.05) is 38.2 Å². The van der Waals surface area contributed by atoms with Crippen LogP contribution in [0.4, 0.5) is 5.69 Å². The van der Waals surface area contributed by atoms with E-state index in [4.69, 9.17) is 16.6 Å². The van der Waals surface area contributed by atoms with Gasteiger partial charge in [0.15, 0.2) is 0 Å². The Hall–Kier alpha value is -1.85. The molecule has 1 saturated carbocycles. The molecule has 1 spiro atoms. The van der Waals surface area contributed by atoms with E-state index in [2.05, 4.69) is 20.9 Å². The Kier molecular flexibility index (Phi) is 5.12. The van der Waals surface area contributed by atoms with Crippen molar-refractivity contribution in [2.75, 3.05) is 37.6 Å². The summed E-state index contributed by atoms with van der Waals surface area (Å²) in [6, 6.07) is 8.08. The molecule has 154 valence electrons. The van der Waals surface area contributed by atoms with Gasteiger partial charge in [-0.25, -0.2) is 4.98 Å². The fourth-order valence-electron chi connectivity index (χ4n) is 4.94. The summed E-state index contributed by atoms with van der Waals surface area (Å²) in [4.78, 5) is 25.3. The van der Waals surface area contributed by atoms with Crippen LogP contribution in [0, 0.1) is 5.41 Å². The number of halogens is 1. The van der Waals surface area contributed by atoms with Crippen LogP contribution in [0.3, 0.4) is 0 Å². The van der Waals surface area contributed by atoms with E-state index < -0.39 is 0 Å². The van der Waals surface area contributed by atoms with Crippen molar-refractivity contribution in [1.29, 1.82) is 0 Å². The lowest BCUT2D eigenvalue weighted by molar-refractivity contribution is 0.254. The minimum Gasteiger partial charge on any atom is -0.368 e. The monoisotopic (exact) mass is 412 g/mol. The molecule has 2 fully saturated rings. The number of benzene rings is 1. The maximum atomic E-state index is 12.5. The van der Waals surface area contributed by atoms with Crippen LogP contribution < -0.4 is 10.5 Å². The number of hydrogen-bond donors (Lipinski definition) is 1. The number of aryl methyl sites for hydroxylation is 2. The van der Waals surface area contributed by atoms with Gasteiger partial charge in [-0.05, 0) is 62.6 Å². The van der Waals surface area contributed by atoms with Gasteiger partial charge in [0.1, 0.15) is 5.82 Å². The van der Waals surface area contributed by atoms with Crippen LogP contribution in [-0.4, -0.2) is 47.6 Å². The molecule has 5 rings (SSSR count). The summed E-state index contributed by atoms with van der Waals surface area (Å²) in [7, 11) is 0. The lowest BCUT2D eigenvalue weighted by atomic mass is 9.84. The van der Waals surface area contributed by atoms with Gasteiger partial charge in [-0.3, -0.25) is 9.69 Å². The summed E-state index contributed by atoms with van der Waals surface area (Å²) in [5.74, 6) is 0.871. The fourth-order valence-corrected chi connectivity index (χ4v) is 5.20. The first-order valence-corrected chi connectivity index (χ1v) is 11.3. The number of aromatic amines is 1. The van der Waals surface area contributed by atoms with Crippen molar-refractivity contribution in [3.63, 3.8) is 0 Å². The zero-order chi connectivity index (χ0) is 19.8. The minimum absolute atomic E-state index is 0.115. The number of nitrogens with zero attached hydrogens (tertiary/aromatic N) is 3. The SMILES string of the molecule is O=c1[nH]c(CCCN2CCN(c3ccccc3Cl)CC2)nc2c1CC1(CC2)CC1. The Balaban J connectivity index is 1.12. The van der Waals surface area contributed by atoms with E-state index in [1.54, 1.807) is 0 Å². The molecule has 1 aromatic heterocycles. The van der Waals surface area contributed by atoms with Crippen molar-refractivity contribution in [3.05, 3.63) is 56.7 Å². The number of piperazine rings is 1. The molecule has 1 N–H and O–H groups in total. The first-order valence-electron chi connectivity index (χ1n) is 10.9. The van der Waals surface area contributed by atoms with Crippen LogP contribution in [-0.2, 0) is 19.3 Å². The highest BCUT2D eigenvalue weighted by atomic mass is 35.5. The average Bonchev–Trinajstić information content (AvgIpc) is 3.49. The second kappa shape index (κ2) is 7.77. The Morgan fingerprint density at radius 2 is 1.90 bits per heavy atom. The first kappa shape index (κ1) is 19.1. The molecule has 3 aliphatic rings. The zero-order valence-corrected chi connectivity index (χ0v) is 17.7. The predicted octanol–water partition coefficient (Wildman–Crippen LogP) is 3.45. The second-order valence-electron chi connectivity index (χ2n) is 9.00. The molecule has 2 aromatic rings. The van der Waals surface area contributed by atoms with E-state index >= 15 is 0 Å². The van der Waals surface area contributed by atoms with Crippen LogP contribution in [0.1, 0.15) is 42.8 Å². The van der Waals surface area contributed by atoms with Gasteiger partial charge in [0.25, 0.3) is 5.56 Å². The maximum absolute atomic E-state index is 12.5. The van der Waals surface area contributed by atoms with Gasteiger partial charge < -0.3 is 9.88 Å². The molecule has 0 amide bonds. The highest BCUT2D eigenvalue weighted by Gasteiger charge is 2.45.